The largest absolute Gasteiger partial charge is 0.494 e. The fourth-order valence-electron chi connectivity index (χ4n) is 2.66. The van der Waals surface area contributed by atoms with Crippen molar-refractivity contribution in [3.05, 3.63) is 23.8 Å². The van der Waals surface area contributed by atoms with Gasteiger partial charge in [-0.2, -0.15) is 0 Å². The molecule has 106 valence electrons. The summed E-state index contributed by atoms with van der Waals surface area (Å²) in [6, 6.07) is 5.79. The van der Waals surface area contributed by atoms with E-state index in [9.17, 15) is 5.11 Å². The smallest absolute Gasteiger partial charge is 0.123 e. The average molecular weight is 264 g/mol. The van der Waals surface area contributed by atoms with Crippen LogP contribution in [0, 0.1) is 5.92 Å². The lowest BCUT2D eigenvalue weighted by atomic mass is 9.82. The van der Waals surface area contributed by atoms with Crippen molar-refractivity contribution in [3.63, 3.8) is 0 Å². The highest BCUT2D eigenvalue weighted by atomic mass is 16.5. The van der Waals surface area contributed by atoms with Gasteiger partial charge in [0.1, 0.15) is 5.75 Å². The molecule has 19 heavy (non-hydrogen) atoms. The Bertz CT molecular complexity index is 417. The van der Waals surface area contributed by atoms with Crippen LogP contribution in [0.3, 0.4) is 0 Å². The molecular formula is C15H24N2O2. The molecule has 1 aliphatic carbocycles. The molecule has 0 spiro atoms. The minimum Gasteiger partial charge on any atom is -0.494 e. The molecule has 0 unspecified atom stereocenters. The molecule has 1 aromatic carbocycles. The van der Waals surface area contributed by atoms with Crippen LogP contribution in [0.25, 0.3) is 0 Å². The maximum atomic E-state index is 9.32. The quantitative estimate of drug-likeness (QED) is 0.770. The molecule has 1 saturated carbocycles. The van der Waals surface area contributed by atoms with Crippen LogP contribution in [0.1, 0.15) is 25.3 Å². The Balaban J connectivity index is 1.94. The number of nitrogen functional groups attached to an aromatic ring is 1. The van der Waals surface area contributed by atoms with Crippen molar-refractivity contribution in [1.29, 1.82) is 0 Å². The number of aliphatic hydroxyl groups excluding tert-OH is 1. The van der Waals surface area contributed by atoms with E-state index in [1.807, 2.05) is 25.1 Å². The van der Waals surface area contributed by atoms with Gasteiger partial charge < -0.3 is 20.5 Å². The summed E-state index contributed by atoms with van der Waals surface area (Å²) < 4.78 is 5.63. The van der Waals surface area contributed by atoms with Crippen molar-refractivity contribution >= 4 is 5.69 Å². The van der Waals surface area contributed by atoms with E-state index in [2.05, 4.69) is 11.9 Å². The second-order valence-corrected chi connectivity index (χ2v) is 5.49. The minimum atomic E-state index is -0.0789. The van der Waals surface area contributed by atoms with Crippen LogP contribution in [0.5, 0.6) is 5.75 Å². The first-order valence-corrected chi connectivity index (χ1v) is 6.96. The van der Waals surface area contributed by atoms with Crippen LogP contribution in [0.15, 0.2) is 18.2 Å². The second-order valence-electron chi connectivity index (χ2n) is 5.49. The number of hydrogen-bond donors (Lipinski definition) is 2. The molecule has 0 saturated heterocycles. The molecule has 1 aliphatic rings. The second kappa shape index (κ2) is 6.26. The summed E-state index contributed by atoms with van der Waals surface area (Å²) in [5, 5.41) is 9.32. The molecule has 3 N–H and O–H groups in total. The van der Waals surface area contributed by atoms with Crippen LogP contribution in [0.2, 0.25) is 0 Å². The molecule has 4 heteroatoms. The van der Waals surface area contributed by atoms with E-state index < -0.39 is 0 Å². The van der Waals surface area contributed by atoms with Crippen LogP contribution in [0.4, 0.5) is 5.69 Å². The first-order chi connectivity index (χ1) is 9.08. The zero-order chi connectivity index (χ0) is 13.8. The van der Waals surface area contributed by atoms with E-state index in [1.165, 1.54) is 0 Å². The Morgan fingerprint density at radius 2 is 2.16 bits per heavy atom. The molecular weight excluding hydrogens is 240 g/mol. The third-order valence-corrected chi connectivity index (χ3v) is 3.61. The van der Waals surface area contributed by atoms with Gasteiger partial charge in [0.05, 0.1) is 12.7 Å². The Morgan fingerprint density at radius 1 is 1.42 bits per heavy atom. The normalized spacial score (nSPS) is 22.3. The van der Waals surface area contributed by atoms with Crippen molar-refractivity contribution in [2.24, 2.45) is 5.92 Å². The van der Waals surface area contributed by atoms with Crippen LogP contribution in [-0.2, 0) is 6.54 Å². The van der Waals surface area contributed by atoms with E-state index in [-0.39, 0.29) is 6.10 Å². The molecule has 2 rings (SSSR count). The Kier molecular flexibility index (Phi) is 4.66. The number of ether oxygens (including phenoxy) is 1. The molecule has 0 radical (unpaired) electrons. The maximum Gasteiger partial charge on any atom is 0.123 e. The third-order valence-electron chi connectivity index (χ3n) is 3.61. The summed E-state index contributed by atoms with van der Waals surface area (Å²) in [4.78, 5) is 2.27. The molecule has 0 heterocycles. The predicted octanol–water partition coefficient (Wildman–Crippen LogP) is 1.87. The van der Waals surface area contributed by atoms with Crippen molar-refractivity contribution in [2.75, 3.05) is 25.9 Å². The van der Waals surface area contributed by atoms with Gasteiger partial charge in [0.2, 0.25) is 0 Å². The van der Waals surface area contributed by atoms with Gasteiger partial charge >= 0.3 is 0 Å². The number of aliphatic hydroxyl groups is 1. The monoisotopic (exact) mass is 264 g/mol. The van der Waals surface area contributed by atoms with E-state index in [0.29, 0.717) is 12.5 Å². The van der Waals surface area contributed by atoms with E-state index in [4.69, 9.17) is 10.5 Å². The van der Waals surface area contributed by atoms with Gasteiger partial charge in [0.15, 0.2) is 0 Å². The number of rotatable bonds is 6. The molecule has 1 aromatic rings. The Labute approximate surface area is 115 Å². The van der Waals surface area contributed by atoms with Gasteiger partial charge in [-0.3, -0.25) is 0 Å². The highest BCUT2D eigenvalue weighted by Crippen LogP contribution is 2.29. The lowest BCUT2D eigenvalue weighted by molar-refractivity contribution is 0.0273. The Morgan fingerprint density at radius 3 is 2.79 bits per heavy atom. The SMILES string of the molecule is CCOc1ccc(N)cc1CN(C)CC1CC(O)C1. The van der Waals surface area contributed by atoms with Gasteiger partial charge in [-0.05, 0) is 50.9 Å². The zero-order valence-corrected chi connectivity index (χ0v) is 11.8. The Hall–Kier alpha value is -1.26. The van der Waals surface area contributed by atoms with Gasteiger partial charge in [-0.15, -0.1) is 0 Å². The van der Waals surface area contributed by atoms with Gasteiger partial charge in [-0.25, -0.2) is 0 Å². The van der Waals surface area contributed by atoms with E-state index in [1.54, 1.807) is 0 Å². The summed E-state index contributed by atoms with van der Waals surface area (Å²) in [5.74, 6) is 1.54. The zero-order valence-electron chi connectivity index (χ0n) is 11.8. The van der Waals surface area contributed by atoms with Gasteiger partial charge in [0.25, 0.3) is 0 Å². The molecule has 1 fully saturated rings. The summed E-state index contributed by atoms with van der Waals surface area (Å²) in [5.41, 5.74) is 7.75. The van der Waals surface area contributed by atoms with E-state index >= 15 is 0 Å². The van der Waals surface area contributed by atoms with Crippen LogP contribution >= 0.6 is 0 Å². The summed E-state index contributed by atoms with van der Waals surface area (Å²) in [7, 11) is 2.10. The van der Waals surface area contributed by atoms with Crippen molar-refractivity contribution in [2.45, 2.75) is 32.4 Å². The van der Waals surface area contributed by atoms with Crippen LogP contribution in [-0.4, -0.2) is 36.3 Å². The lowest BCUT2D eigenvalue weighted by Crippen LogP contribution is -2.36. The fraction of sp³-hybridized carbons (Fsp3) is 0.600. The van der Waals surface area contributed by atoms with Crippen molar-refractivity contribution in [3.8, 4) is 5.75 Å². The molecule has 4 nitrogen and oxygen atoms in total. The number of hydrogen-bond acceptors (Lipinski definition) is 4. The molecule has 0 bridgehead atoms. The average Bonchev–Trinajstić information content (AvgIpc) is 2.31. The first-order valence-electron chi connectivity index (χ1n) is 6.96. The molecule has 0 aliphatic heterocycles. The number of nitrogens with two attached hydrogens (primary N) is 1. The van der Waals surface area contributed by atoms with Gasteiger partial charge in [0, 0.05) is 24.3 Å². The van der Waals surface area contributed by atoms with E-state index in [0.717, 1.165) is 42.9 Å². The van der Waals surface area contributed by atoms with Crippen LogP contribution < -0.4 is 10.5 Å². The summed E-state index contributed by atoms with van der Waals surface area (Å²) in [6.45, 7) is 4.49. The summed E-state index contributed by atoms with van der Waals surface area (Å²) >= 11 is 0. The molecule has 0 atom stereocenters. The first kappa shape index (κ1) is 14.2. The molecule has 0 amide bonds. The minimum absolute atomic E-state index is 0.0789. The molecule has 0 aromatic heterocycles. The maximum absolute atomic E-state index is 9.32. The van der Waals surface area contributed by atoms with Crippen molar-refractivity contribution in [1.82, 2.24) is 4.90 Å². The predicted molar refractivity (Wildman–Crippen MR) is 77.1 cm³/mol. The third kappa shape index (κ3) is 3.85. The van der Waals surface area contributed by atoms with Gasteiger partial charge in [-0.1, -0.05) is 0 Å². The fourth-order valence-corrected chi connectivity index (χ4v) is 2.66. The highest BCUT2D eigenvalue weighted by Gasteiger charge is 2.27. The summed E-state index contributed by atoms with van der Waals surface area (Å²) in [6.07, 6.45) is 1.78. The topological polar surface area (TPSA) is 58.7 Å². The highest BCUT2D eigenvalue weighted by molar-refractivity contribution is 5.47. The number of nitrogens with zero attached hydrogens (tertiary/aromatic N) is 1. The standard InChI is InChI=1S/C15H24N2O2/c1-3-19-15-5-4-13(16)8-12(15)10-17(2)9-11-6-14(18)7-11/h4-5,8,11,14,18H,3,6-7,9-10,16H2,1-2H3. The number of anilines is 1. The lowest BCUT2D eigenvalue weighted by Gasteiger charge is -2.34. The van der Waals surface area contributed by atoms with Crippen molar-refractivity contribution < 1.29 is 9.84 Å². The number of benzene rings is 1.